The van der Waals surface area contributed by atoms with Crippen molar-refractivity contribution in [3.63, 3.8) is 0 Å². The Morgan fingerprint density at radius 1 is 0.889 bits per heavy atom. The average Bonchev–Trinajstić information content (AvgIpc) is 2.40. The van der Waals surface area contributed by atoms with E-state index < -0.39 is 5.41 Å². The highest BCUT2D eigenvalue weighted by Crippen LogP contribution is 2.28. The molecule has 2 rings (SSSR count). The maximum Gasteiger partial charge on any atom is 0.139 e. The van der Waals surface area contributed by atoms with Gasteiger partial charge in [-0.05, 0) is 37.5 Å². The molecule has 0 radical (unpaired) electrons. The topological polar surface area (TPSA) is 17.1 Å². The molecule has 0 heterocycles. The molecule has 1 nitrogen and oxygen atoms in total. The van der Waals surface area contributed by atoms with Crippen molar-refractivity contribution >= 4 is 5.78 Å². The Labute approximate surface area is 108 Å². The lowest BCUT2D eigenvalue weighted by Gasteiger charge is -2.22. The molecule has 0 bridgehead atoms. The Balaban J connectivity index is 2.46. The van der Waals surface area contributed by atoms with Crippen molar-refractivity contribution < 1.29 is 4.79 Å². The minimum Gasteiger partial charge on any atom is -0.299 e. The van der Waals surface area contributed by atoms with E-state index in [4.69, 9.17) is 0 Å². The average molecular weight is 238 g/mol. The maximum absolute atomic E-state index is 11.7. The number of benzene rings is 2. The van der Waals surface area contributed by atoms with E-state index in [1.54, 1.807) is 6.92 Å². The van der Waals surface area contributed by atoms with Gasteiger partial charge in [0.1, 0.15) is 5.78 Å². The summed E-state index contributed by atoms with van der Waals surface area (Å²) in [5.41, 5.74) is 2.97. The van der Waals surface area contributed by atoms with Crippen molar-refractivity contribution in [2.45, 2.75) is 26.2 Å². The Hall–Kier alpha value is -1.89. The summed E-state index contributed by atoms with van der Waals surface area (Å²) in [7, 11) is 0. The van der Waals surface area contributed by atoms with Crippen LogP contribution in [0.1, 0.15) is 26.3 Å². The van der Waals surface area contributed by atoms with Crippen molar-refractivity contribution in [1.82, 2.24) is 0 Å². The minimum atomic E-state index is -0.426. The monoisotopic (exact) mass is 238 g/mol. The molecule has 92 valence electrons. The first-order chi connectivity index (χ1) is 8.51. The molecule has 0 spiro atoms. The summed E-state index contributed by atoms with van der Waals surface area (Å²) in [6.45, 7) is 5.59. The third-order valence-electron chi connectivity index (χ3n) is 3.57. The summed E-state index contributed by atoms with van der Waals surface area (Å²) < 4.78 is 0. The van der Waals surface area contributed by atoms with Gasteiger partial charge in [0.25, 0.3) is 0 Å². The van der Waals surface area contributed by atoms with Gasteiger partial charge in [-0.1, -0.05) is 54.6 Å². The van der Waals surface area contributed by atoms with Crippen LogP contribution in [0.2, 0.25) is 0 Å². The lowest BCUT2D eigenvalue weighted by Crippen LogP contribution is -2.26. The lowest BCUT2D eigenvalue weighted by molar-refractivity contribution is -0.121. The second kappa shape index (κ2) is 4.77. The molecule has 2 aromatic carbocycles. The Morgan fingerprint density at radius 3 is 2.11 bits per heavy atom. The van der Waals surface area contributed by atoms with Crippen molar-refractivity contribution in [2.75, 3.05) is 0 Å². The second-order valence-electron chi connectivity index (χ2n) is 5.13. The number of hydrogen-bond donors (Lipinski definition) is 0. The third-order valence-corrected chi connectivity index (χ3v) is 3.57. The molecule has 0 aliphatic heterocycles. The molecule has 0 saturated heterocycles. The second-order valence-corrected chi connectivity index (χ2v) is 5.13. The largest absolute Gasteiger partial charge is 0.299 e. The van der Waals surface area contributed by atoms with E-state index >= 15 is 0 Å². The van der Waals surface area contributed by atoms with Crippen LogP contribution in [0, 0.1) is 0 Å². The fraction of sp³-hybridized carbons (Fsp3) is 0.235. The van der Waals surface area contributed by atoms with Gasteiger partial charge in [-0.3, -0.25) is 4.79 Å². The first-order valence-electron chi connectivity index (χ1n) is 6.19. The van der Waals surface area contributed by atoms with Crippen LogP contribution >= 0.6 is 0 Å². The standard InChI is InChI=1S/C17H18O/c1-13(18)17(2,3)16-11-7-10-15(12-16)14-8-5-4-6-9-14/h4-12H,1-3H3. The van der Waals surface area contributed by atoms with E-state index in [1.807, 2.05) is 44.2 Å². The molecule has 2 aromatic rings. The molecule has 0 unspecified atom stereocenters. The minimum absolute atomic E-state index is 0.188. The fourth-order valence-corrected chi connectivity index (χ4v) is 1.92. The summed E-state index contributed by atoms with van der Waals surface area (Å²) in [4.78, 5) is 11.7. The molecule has 0 aliphatic carbocycles. The summed E-state index contributed by atoms with van der Waals surface area (Å²) in [6.07, 6.45) is 0. The van der Waals surface area contributed by atoms with E-state index in [1.165, 1.54) is 5.56 Å². The van der Waals surface area contributed by atoms with Gasteiger partial charge in [0, 0.05) is 5.41 Å². The molecule has 0 aromatic heterocycles. The van der Waals surface area contributed by atoms with Crippen LogP contribution in [0.5, 0.6) is 0 Å². The molecule has 0 amide bonds. The third kappa shape index (κ3) is 2.35. The van der Waals surface area contributed by atoms with Gasteiger partial charge in [-0.15, -0.1) is 0 Å². The van der Waals surface area contributed by atoms with Crippen LogP contribution in [-0.4, -0.2) is 5.78 Å². The highest BCUT2D eigenvalue weighted by atomic mass is 16.1. The van der Waals surface area contributed by atoms with Crippen molar-refractivity contribution in [3.05, 3.63) is 60.2 Å². The first kappa shape index (κ1) is 12.6. The summed E-state index contributed by atoms with van der Waals surface area (Å²) in [6, 6.07) is 18.4. The van der Waals surface area contributed by atoms with Crippen molar-refractivity contribution in [1.29, 1.82) is 0 Å². The number of ketones is 1. The zero-order chi connectivity index (χ0) is 13.2. The van der Waals surface area contributed by atoms with Crippen LogP contribution in [0.15, 0.2) is 54.6 Å². The van der Waals surface area contributed by atoms with Gasteiger partial charge in [0.2, 0.25) is 0 Å². The number of rotatable bonds is 3. The molecule has 1 heteroatoms. The Bertz CT molecular complexity index is 553. The molecule has 0 saturated carbocycles. The molecule has 18 heavy (non-hydrogen) atoms. The fourth-order valence-electron chi connectivity index (χ4n) is 1.92. The van der Waals surface area contributed by atoms with E-state index in [9.17, 15) is 4.79 Å². The van der Waals surface area contributed by atoms with Crippen LogP contribution in [-0.2, 0) is 10.2 Å². The van der Waals surface area contributed by atoms with Gasteiger partial charge in [-0.25, -0.2) is 0 Å². The van der Waals surface area contributed by atoms with Crippen molar-refractivity contribution in [3.8, 4) is 11.1 Å². The molecular formula is C17H18O. The number of carbonyl (C=O) groups is 1. The lowest BCUT2D eigenvalue weighted by atomic mass is 9.80. The highest BCUT2D eigenvalue weighted by molar-refractivity contribution is 5.87. The normalized spacial score (nSPS) is 11.3. The smallest absolute Gasteiger partial charge is 0.139 e. The van der Waals surface area contributed by atoms with Gasteiger partial charge in [0.15, 0.2) is 0 Å². The number of hydrogen-bond acceptors (Lipinski definition) is 1. The number of carbonyl (C=O) groups excluding carboxylic acids is 1. The highest BCUT2D eigenvalue weighted by Gasteiger charge is 2.25. The van der Waals surface area contributed by atoms with Crippen LogP contribution < -0.4 is 0 Å². The Kier molecular flexibility index (Phi) is 3.33. The van der Waals surface area contributed by atoms with E-state index in [2.05, 4.69) is 24.3 Å². The Morgan fingerprint density at radius 2 is 1.50 bits per heavy atom. The summed E-state index contributed by atoms with van der Waals surface area (Å²) in [5, 5.41) is 0. The van der Waals surface area contributed by atoms with Gasteiger partial charge >= 0.3 is 0 Å². The van der Waals surface area contributed by atoms with E-state index in [0.29, 0.717) is 0 Å². The quantitative estimate of drug-likeness (QED) is 0.782. The zero-order valence-electron chi connectivity index (χ0n) is 11.1. The first-order valence-corrected chi connectivity index (χ1v) is 6.19. The maximum atomic E-state index is 11.7. The van der Waals surface area contributed by atoms with Gasteiger partial charge in [-0.2, -0.15) is 0 Å². The SMILES string of the molecule is CC(=O)C(C)(C)c1cccc(-c2ccccc2)c1. The summed E-state index contributed by atoms with van der Waals surface area (Å²) >= 11 is 0. The van der Waals surface area contributed by atoms with Crippen LogP contribution in [0.4, 0.5) is 0 Å². The molecular weight excluding hydrogens is 220 g/mol. The summed E-state index contributed by atoms with van der Waals surface area (Å²) in [5.74, 6) is 0.188. The molecule has 0 atom stereocenters. The van der Waals surface area contributed by atoms with Gasteiger partial charge < -0.3 is 0 Å². The molecule has 0 aliphatic rings. The van der Waals surface area contributed by atoms with E-state index in [-0.39, 0.29) is 5.78 Å². The van der Waals surface area contributed by atoms with E-state index in [0.717, 1.165) is 11.1 Å². The zero-order valence-corrected chi connectivity index (χ0v) is 11.1. The van der Waals surface area contributed by atoms with Crippen molar-refractivity contribution in [2.24, 2.45) is 0 Å². The molecule has 0 fully saturated rings. The van der Waals surface area contributed by atoms with Crippen LogP contribution in [0.3, 0.4) is 0 Å². The molecule has 0 N–H and O–H groups in total. The number of Topliss-reactive ketones (excluding diaryl/α,β-unsaturated/α-hetero) is 1. The predicted octanol–water partition coefficient (Wildman–Crippen LogP) is 4.22. The van der Waals surface area contributed by atoms with Gasteiger partial charge in [0.05, 0.1) is 0 Å². The predicted molar refractivity (Wildman–Crippen MR) is 75.6 cm³/mol. The van der Waals surface area contributed by atoms with Crippen LogP contribution in [0.25, 0.3) is 11.1 Å².